The predicted octanol–water partition coefficient (Wildman–Crippen LogP) is 6.71. The van der Waals surface area contributed by atoms with Crippen molar-refractivity contribution in [3.05, 3.63) is 95.2 Å². The molecule has 1 aliphatic heterocycles. The first-order valence-corrected chi connectivity index (χ1v) is 12.8. The van der Waals surface area contributed by atoms with E-state index in [4.69, 9.17) is 9.47 Å². The zero-order chi connectivity index (χ0) is 26.9. The topological polar surface area (TPSA) is 76.0 Å². The summed E-state index contributed by atoms with van der Waals surface area (Å²) in [5.74, 6) is 1.57. The molecule has 0 amide bonds. The number of ether oxygens (including phenoxy) is 2. The minimum Gasteiger partial charge on any atom is -0.489 e. The van der Waals surface area contributed by atoms with Crippen molar-refractivity contribution in [1.82, 2.24) is 4.98 Å². The molecule has 0 spiro atoms. The summed E-state index contributed by atoms with van der Waals surface area (Å²) in [4.78, 5) is 9.20. The van der Waals surface area contributed by atoms with Gasteiger partial charge in [-0.15, -0.1) is 0 Å². The van der Waals surface area contributed by atoms with E-state index in [1.807, 2.05) is 86.9 Å². The van der Waals surface area contributed by atoms with E-state index in [9.17, 15) is 5.11 Å². The van der Waals surface area contributed by atoms with Crippen molar-refractivity contribution in [1.29, 1.82) is 0 Å². The molecule has 1 aromatic heterocycles. The first-order valence-electron chi connectivity index (χ1n) is 12.8. The van der Waals surface area contributed by atoms with Gasteiger partial charge in [0.1, 0.15) is 18.0 Å². The number of hydrogen-bond donors (Lipinski definition) is 2. The van der Waals surface area contributed by atoms with E-state index in [2.05, 4.69) is 29.1 Å². The lowest BCUT2D eigenvalue weighted by Crippen LogP contribution is -2.29. The molecule has 1 unspecified atom stereocenters. The lowest BCUT2D eigenvalue weighted by molar-refractivity contribution is 0.120. The second-order valence-corrected chi connectivity index (χ2v) is 9.95. The Labute approximate surface area is 223 Å². The standard InChI is InChI=1S/C32H33N3O3/c1-20(2)17-34-18-21(3)32(36)24-9-11-29(33-4)23(13-24)19-38-26-8-6-7-22(14-26)27-16-31(37-5)35-30-12-10-25(32)15-28(27)30/h6-18,20,33,36H,19H2,1-5H3/b21-18+,34-17?. The lowest BCUT2D eigenvalue weighted by atomic mass is 9.79. The Bertz CT molecular complexity index is 1560. The molecule has 1 atom stereocenters. The quantitative estimate of drug-likeness (QED) is 0.294. The van der Waals surface area contributed by atoms with Crippen LogP contribution in [0.1, 0.15) is 37.5 Å². The summed E-state index contributed by atoms with van der Waals surface area (Å²) < 4.78 is 11.8. The van der Waals surface area contributed by atoms with Crippen molar-refractivity contribution in [3.63, 3.8) is 0 Å². The van der Waals surface area contributed by atoms with Gasteiger partial charge in [0, 0.05) is 42.2 Å². The highest BCUT2D eigenvalue weighted by atomic mass is 16.5. The fourth-order valence-corrected chi connectivity index (χ4v) is 4.91. The van der Waals surface area contributed by atoms with E-state index < -0.39 is 5.60 Å². The molecule has 194 valence electrons. The van der Waals surface area contributed by atoms with Crippen LogP contribution in [0.25, 0.3) is 22.0 Å². The van der Waals surface area contributed by atoms with Gasteiger partial charge >= 0.3 is 0 Å². The van der Waals surface area contributed by atoms with Gasteiger partial charge in [0.05, 0.1) is 12.6 Å². The molecule has 5 rings (SSSR count). The van der Waals surface area contributed by atoms with E-state index >= 15 is 0 Å². The van der Waals surface area contributed by atoms with Gasteiger partial charge in [0.25, 0.3) is 0 Å². The van der Waals surface area contributed by atoms with Crippen LogP contribution in [-0.2, 0) is 12.2 Å². The number of methoxy groups -OCH3 is 1. The number of aromatic nitrogens is 1. The molecule has 1 aliphatic rings. The van der Waals surface area contributed by atoms with Crippen molar-refractivity contribution >= 4 is 22.8 Å². The molecule has 3 aromatic carbocycles. The first kappa shape index (κ1) is 25.5. The lowest BCUT2D eigenvalue weighted by Gasteiger charge is -2.31. The number of benzene rings is 3. The molecule has 6 nitrogen and oxygen atoms in total. The summed E-state index contributed by atoms with van der Waals surface area (Å²) in [7, 11) is 3.50. The largest absolute Gasteiger partial charge is 0.489 e. The number of hydrogen-bond acceptors (Lipinski definition) is 6. The third kappa shape index (κ3) is 4.63. The molecular weight excluding hydrogens is 474 g/mol. The molecule has 0 saturated carbocycles. The van der Waals surface area contributed by atoms with Crippen LogP contribution in [0.5, 0.6) is 11.6 Å². The van der Waals surface area contributed by atoms with E-state index in [0.29, 0.717) is 24.0 Å². The Balaban J connectivity index is 1.84. The molecule has 4 aromatic rings. The van der Waals surface area contributed by atoms with Crippen molar-refractivity contribution in [2.75, 3.05) is 19.5 Å². The van der Waals surface area contributed by atoms with Crippen LogP contribution in [0, 0.1) is 5.92 Å². The van der Waals surface area contributed by atoms with Crippen molar-refractivity contribution < 1.29 is 14.6 Å². The number of rotatable bonds is 5. The second-order valence-electron chi connectivity index (χ2n) is 9.95. The van der Waals surface area contributed by atoms with Gasteiger partial charge in [-0.2, -0.15) is 0 Å². The highest BCUT2D eigenvalue weighted by Crippen LogP contribution is 2.42. The van der Waals surface area contributed by atoms with Gasteiger partial charge in [0.15, 0.2) is 0 Å². The molecular formula is C32H33N3O3. The average Bonchev–Trinajstić information content (AvgIpc) is 2.94. The normalized spacial score (nSPS) is 17.2. The van der Waals surface area contributed by atoms with Crippen LogP contribution in [0.4, 0.5) is 5.69 Å². The van der Waals surface area contributed by atoms with Gasteiger partial charge in [-0.05, 0) is 77.1 Å². The highest BCUT2D eigenvalue weighted by Gasteiger charge is 2.35. The van der Waals surface area contributed by atoms with E-state index in [1.54, 1.807) is 13.3 Å². The van der Waals surface area contributed by atoms with Gasteiger partial charge in [0.2, 0.25) is 5.88 Å². The predicted molar refractivity (Wildman–Crippen MR) is 154 cm³/mol. The Hall–Kier alpha value is -4.16. The molecule has 0 aliphatic carbocycles. The van der Waals surface area contributed by atoms with Crippen LogP contribution in [-0.4, -0.2) is 30.5 Å². The third-order valence-electron chi connectivity index (χ3n) is 6.97. The number of aliphatic imine (C=N–C) groups is 1. The van der Waals surface area contributed by atoms with Crippen LogP contribution in [0.3, 0.4) is 0 Å². The molecule has 2 heterocycles. The summed E-state index contributed by atoms with van der Waals surface area (Å²) in [5, 5.41) is 16.7. The fourth-order valence-electron chi connectivity index (χ4n) is 4.91. The number of nitrogens with one attached hydrogen (secondary N) is 1. The highest BCUT2D eigenvalue weighted by molar-refractivity contribution is 5.96. The monoisotopic (exact) mass is 507 g/mol. The van der Waals surface area contributed by atoms with E-state index in [0.717, 1.165) is 50.2 Å². The fraction of sp³-hybridized carbons (Fsp3) is 0.250. The van der Waals surface area contributed by atoms with Crippen molar-refractivity contribution in [2.24, 2.45) is 10.9 Å². The Kier molecular flexibility index (Phi) is 6.91. The van der Waals surface area contributed by atoms with Crippen LogP contribution >= 0.6 is 0 Å². The SMILES string of the molecule is CNc1ccc2cc1COc1cccc(c1)-c1cc(OC)nc3ccc(cc13)C2(O)/C(C)=C/N=CC(C)C. The van der Waals surface area contributed by atoms with Crippen molar-refractivity contribution in [3.8, 4) is 22.8 Å². The number of nitrogens with zero attached hydrogens (tertiary/aromatic N) is 2. The summed E-state index contributed by atoms with van der Waals surface area (Å²) in [6, 6.07) is 21.8. The van der Waals surface area contributed by atoms with Crippen molar-refractivity contribution in [2.45, 2.75) is 33.0 Å². The third-order valence-corrected chi connectivity index (χ3v) is 6.97. The van der Waals surface area contributed by atoms with Gasteiger partial charge in [-0.3, -0.25) is 4.99 Å². The number of aliphatic hydroxyl groups is 1. The molecule has 0 radical (unpaired) electrons. The maximum absolute atomic E-state index is 12.6. The molecule has 0 fully saturated rings. The Morgan fingerprint density at radius 3 is 2.66 bits per heavy atom. The zero-order valence-corrected chi connectivity index (χ0v) is 22.4. The smallest absolute Gasteiger partial charge is 0.214 e. The number of fused-ring (bicyclic) bond motifs is 6. The molecule has 0 saturated heterocycles. The van der Waals surface area contributed by atoms with Gasteiger partial charge < -0.3 is 19.9 Å². The zero-order valence-electron chi connectivity index (χ0n) is 22.4. The number of pyridine rings is 1. The summed E-state index contributed by atoms with van der Waals surface area (Å²) >= 11 is 0. The van der Waals surface area contributed by atoms with E-state index in [1.165, 1.54) is 0 Å². The molecule has 6 bridgehead atoms. The Morgan fingerprint density at radius 1 is 1.11 bits per heavy atom. The first-order chi connectivity index (χ1) is 18.3. The van der Waals surface area contributed by atoms with Crippen LogP contribution in [0.2, 0.25) is 0 Å². The minimum atomic E-state index is -1.44. The van der Waals surface area contributed by atoms with Gasteiger partial charge in [-0.25, -0.2) is 4.98 Å². The van der Waals surface area contributed by atoms with E-state index in [-0.39, 0.29) is 0 Å². The number of anilines is 1. The summed E-state index contributed by atoms with van der Waals surface area (Å²) in [5.41, 5.74) is 5.30. The average molecular weight is 508 g/mol. The molecule has 38 heavy (non-hydrogen) atoms. The second kappa shape index (κ2) is 10.3. The van der Waals surface area contributed by atoms with Gasteiger partial charge in [-0.1, -0.05) is 38.1 Å². The Morgan fingerprint density at radius 2 is 1.89 bits per heavy atom. The molecule has 6 heteroatoms. The summed E-state index contributed by atoms with van der Waals surface area (Å²) in [6.07, 6.45) is 3.62. The summed E-state index contributed by atoms with van der Waals surface area (Å²) in [6.45, 7) is 6.40. The molecule has 2 N–H and O–H groups in total. The van der Waals surface area contributed by atoms with Crippen LogP contribution < -0.4 is 14.8 Å². The minimum absolute atomic E-state index is 0.298. The maximum Gasteiger partial charge on any atom is 0.214 e. The van der Waals surface area contributed by atoms with Crippen LogP contribution in [0.15, 0.2) is 83.5 Å². The maximum atomic E-state index is 12.6.